The molecule has 1 aromatic carbocycles. The lowest BCUT2D eigenvalue weighted by molar-refractivity contribution is 0.589. The number of aromatic nitrogens is 1. The summed E-state index contributed by atoms with van der Waals surface area (Å²) in [6.07, 6.45) is 0. The predicted octanol–water partition coefficient (Wildman–Crippen LogP) is 2.99. The van der Waals surface area contributed by atoms with Crippen molar-refractivity contribution < 1.29 is 4.21 Å². The third-order valence-electron chi connectivity index (χ3n) is 2.34. The summed E-state index contributed by atoms with van der Waals surface area (Å²) in [6.45, 7) is 1.91. The Bertz CT molecular complexity index is 532. The van der Waals surface area contributed by atoms with Crippen molar-refractivity contribution in [3.8, 4) is 0 Å². The van der Waals surface area contributed by atoms with Crippen molar-refractivity contribution >= 4 is 38.7 Å². The Morgan fingerprint density at radius 3 is 2.88 bits per heavy atom. The lowest BCUT2D eigenvalue weighted by Gasteiger charge is -2.05. The van der Waals surface area contributed by atoms with Crippen LogP contribution in [0.3, 0.4) is 0 Å². The Kier molecular flexibility index (Phi) is 3.58. The van der Waals surface area contributed by atoms with E-state index in [0.29, 0.717) is 11.9 Å². The maximum absolute atomic E-state index is 10.4. The molecular formula is C11H10BrN2OS+. The molecule has 0 amide bonds. The highest BCUT2D eigenvalue weighted by Gasteiger charge is 2.13. The first-order chi connectivity index (χ1) is 7.70. The van der Waals surface area contributed by atoms with Gasteiger partial charge in [0.25, 0.3) is 0 Å². The number of hydrogen-bond donors (Lipinski definition) is 1. The second kappa shape index (κ2) is 4.95. The van der Waals surface area contributed by atoms with E-state index >= 15 is 0 Å². The zero-order chi connectivity index (χ0) is 11.5. The van der Waals surface area contributed by atoms with Crippen LogP contribution < -0.4 is 4.72 Å². The predicted molar refractivity (Wildman–Crippen MR) is 69.0 cm³/mol. The second-order valence-electron chi connectivity index (χ2n) is 3.50. The van der Waals surface area contributed by atoms with Crippen molar-refractivity contribution in [3.63, 3.8) is 0 Å². The van der Waals surface area contributed by atoms with Crippen molar-refractivity contribution in [2.45, 2.75) is 13.0 Å². The molecule has 0 radical (unpaired) electrons. The number of fused-ring (bicyclic) bond motifs is 1. The van der Waals surface area contributed by atoms with Crippen molar-refractivity contribution in [3.05, 3.63) is 40.5 Å². The molecule has 0 unspecified atom stereocenters. The van der Waals surface area contributed by atoms with Crippen molar-refractivity contribution in [1.29, 1.82) is 0 Å². The molecule has 1 atom stereocenters. The van der Waals surface area contributed by atoms with Gasteiger partial charge in [0.05, 0.1) is 15.4 Å². The van der Waals surface area contributed by atoms with Crippen LogP contribution in [0.2, 0.25) is 0 Å². The minimum absolute atomic E-state index is 0.0501. The van der Waals surface area contributed by atoms with Crippen LogP contribution in [0.1, 0.15) is 18.7 Å². The quantitative estimate of drug-likeness (QED) is 0.699. The van der Waals surface area contributed by atoms with Gasteiger partial charge in [-0.25, -0.2) is 0 Å². The molecule has 0 aliphatic rings. The number of benzene rings is 1. The van der Waals surface area contributed by atoms with E-state index in [9.17, 15) is 4.21 Å². The fourth-order valence-electron chi connectivity index (χ4n) is 1.48. The first-order valence-electron chi connectivity index (χ1n) is 4.81. The molecule has 0 fully saturated rings. The monoisotopic (exact) mass is 297 g/mol. The highest BCUT2D eigenvalue weighted by molar-refractivity contribution is 9.10. The van der Waals surface area contributed by atoms with Gasteiger partial charge >= 0.3 is 11.9 Å². The summed E-state index contributed by atoms with van der Waals surface area (Å²) >= 11 is 3.78. The van der Waals surface area contributed by atoms with Gasteiger partial charge in [-0.3, -0.25) is 4.98 Å². The average molecular weight is 298 g/mol. The van der Waals surface area contributed by atoms with Crippen LogP contribution in [0.25, 0.3) is 10.9 Å². The van der Waals surface area contributed by atoms with Crippen molar-refractivity contribution in [1.82, 2.24) is 9.71 Å². The minimum Gasteiger partial charge on any atom is -0.251 e. The molecule has 0 aliphatic heterocycles. The van der Waals surface area contributed by atoms with Crippen LogP contribution in [-0.4, -0.2) is 4.98 Å². The van der Waals surface area contributed by atoms with Crippen LogP contribution in [-0.2, 0) is 16.1 Å². The molecule has 0 aliphatic carbocycles. The molecular weight excluding hydrogens is 288 g/mol. The number of hydrogen-bond acceptors (Lipinski definition) is 2. The molecule has 2 aromatic rings. The van der Waals surface area contributed by atoms with E-state index in [1.807, 2.05) is 37.3 Å². The standard InChI is InChI=1S/C11H10BrN2OS/c1-7(14-16-15)10-5-3-8-2-4-9(12)6-11(8)13-10/h2-7H,1H3,(H,14,15)/q+1/t7-/m1/s1. The van der Waals surface area contributed by atoms with Gasteiger partial charge in [0.15, 0.2) is 0 Å². The van der Waals surface area contributed by atoms with Gasteiger partial charge in [0.2, 0.25) is 0 Å². The maximum atomic E-state index is 10.4. The van der Waals surface area contributed by atoms with Gasteiger partial charge in [0, 0.05) is 9.86 Å². The average Bonchev–Trinajstić information content (AvgIpc) is 2.28. The summed E-state index contributed by atoms with van der Waals surface area (Å²) in [5, 5.41) is 1.09. The van der Waals surface area contributed by atoms with Crippen molar-refractivity contribution in [2.24, 2.45) is 0 Å². The molecule has 5 heteroatoms. The van der Waals surface area contributed by atoms with Gasteiger partial charge in [0.1, 0.15) is 6.04 Å². The maximum Gasteiger partial charge on any atom is 0.588 e. The summed E-state index contributed by atoms with van der Waals surface area (Å²) in [6, 6.07) is 9.86. The number of rotatable bonds is 3. The van der Waals surface area contributed by atoms with Crippen LogP contribution in [0.4, 0.5) is 0 Å². The Balaban J connectivity index is 2.46. The zero-order valence-electron chi connectivity index (χ0n) is 8.61. The molecule has 2 rings (SSSR count). The summed E-state index contributed by atoms with van der Waals surface area (Å²) in [7, 11) is 0. The molecule has 1 N–H and O–H groups in total. The summed E-state index contributed by atoms with van der Waals surface area (Å²) in [5.74, 6) is 0. The Hall–Kier alpha value is -0.910. The smallest absolute Gasteiger partial charge is 0.251 e. The van der Waals surface area contributed by atoms with Gasteiger partial charge in [-0.15, -0.1) is 0 Å². The molecule has 3 nitrogen and oxygen atoms in total. The van der Waals surface area contributed by atoms with Crippen LogP contribution in [0.5, 0.6) is 0 Å². The van der Waals surface area contributed by atoms with E-state index in [1.165, 1.54) is 0 Å². The molecule has 1 aromatic heterocycles. The molecule has 0 spiro atoms. The molecule has 0 saturated heterocycles. The fourth-order valence-corrected chi connectivity index (χ4v) is 2.09. The number of pyridine rings is 1. The van der Waals surface area contributed by atoms with Gasteiger partial charge in [-0.1, -0.05) is 28.1 Å². The van der Waals surface area contributed by atoms with Crippen LogP contribution >= 0.6 is 15.9 Å². The number of halogens is 1. The summed E-state index contributed by atoms with van der Waals surface area (Å²) in [4.78, 5) is 4.51. The topological polar surface area (TPSA) is 42.0 Å². The summed E-state index contributed by atoms with van der Waals surface area (Å²) in [5.41, 5.74) is 1.80. The normalized spacial score (nSPS) is 12.6. The third-order valence-corrected chi connectivity index (χ3v) is 3.29. The Labute approximate surface area is 106 Å². The minimum atomic E-state index is -0.0501. The Morgan fingerprint density at radius 2 is 2.12 bits per heavy atom. The van der Waals surface area contributed by atoms with Gasteiger partial charge < -0.3 is 0 Å². The lowest BCUT2D eigenvalue weighted by Crippen LogP contribution is -2.14. The number of nitrogens with one attached hydrogen (secondary N) is 1. The van der Waals surface area contributed by atoms with E-state index in [2.05, 4.69) is 25.6 Å². The fraction of sp³-hybridized carbons (Fsp3) is 0.182. The van der Waals surface area contributed by atoms with Crippen molar-refractivity contribution in [2.75, 3.05) is 0 Å². The van der Waals surface area contributed by atoms with E-state index < -0.39 is 0 Å². The molecule has 16 heavy (non-hydrogen) atoms. The second-order valence-corrected chi connectivity index (χ2v) is 4.81. The molecule has 1 heterocycles. The van der Waals surface area contributed by atoms with Gasteiger partial charge in [-0.2, -0.15) is 0 Å². The van der Waals surface area contributed by atoms with Crippen LogP contribution in [0.15, 0.2) is 34.8 Å². The molecule has 82 valence electrons. The van der Waals surface area contributed by atoms with E-state index in [1.54, 1.807) is 0 Å². The van der Waals surface area contributed by atoms with E-state index in [4.69, 9.17) is 0 Å². The van der Waals surface area contributed by atoms with Crippen LogP contribution in [0, 0.1) is 0 Å². The first kappa shape index (κ1) is 11.6. The third kappa shape index (κ3) is 2.42. The lowest BCUT2D eigenvalue weighted by atomic mass is 10.1. The summed E-state index contributed by atoms with van der Waals surface area (Å²) < 4.78 is 14.1. The molecule has 0 bridgehead atoms. The van der Waals surface area contributed by atoms with E-state index in [0.717, 1.165) is 21.1 Å². The Morgan fingerprint density at radius 1 is 1.38 bits per heavy atom. The van der Waals surface area contributed by atoms with E-state index in [-0.39, 0.29) is 6.04 Å². The largest absolute Gasteiger partial charge is 0.588 e. The SMILES string of the molecule is C[C@@H](N[S+]=O)c1ccc2ccc(Br)cc2n1. The van der Waals surface area contributed by atoms with Gasteiger partial charge in [-0.05, 0) is 29.8 Å². The highest BCUT2D eigenvalue weighted by Crippen LogP contribution is 2.20. The highest BCUT2D eigenvalue weighted by atomic mass is 79.9. The zero-order valence-corrected chi connectivity index (χ0v) is 11.0. The number of nitrogens with zero attached hydrogens (tertiary/aromatic N) is 1. The molecule has 0 saturated carbocycles. The first-order valence-corrected chi connectivity index (χ1v) is 6.34.